The number of rotatable bonds is 8. The molecule has 2 aromatic carbocycles. The van der Waals surface area contributed by atoms with Gasteiger partial charge in [-0.3, -0.25) is 0 Å². The summed E-state index contributed by atoms with van der Waals surface area (Å²) in [7, 11) is 1.64. The molecule has 2 N–H and O–H groups in total. The van der Waals surface area contributed by atoms with Crippen LogP contribution in [0.1, 0.15) is 28.5 Å². The highest BCUT2D eigenvalue weighted by atomic mass is 16.5. The fourth-order valence-corrected chi connectivity index (χ4v) is 2.75. The molecule has 0 aliphatic carbocycles. The number of esters is 1. The Kier molecular flexibility index (Phi) is 6.63. The zero-order chi connectivity index (χ0) is 20.6. The predicted octanol–water partition coefficient (Wildman–Crippen LogP) is 4.33. The topological polar surface area (TPSA) is 85.4 Å². The zero-order valence-electron chi connectivity index (χ0n) is 16.7. The first-order valence-corrected chi connectivity index (χ1v) is 9.34. The first-order valence-electron chi connectivity index (χ1n) is 9.34. The summed E-state index contributed by atoms with van der Waals surface area (Å²) >= 11 is 0. The van der Waals surface area contributed by atoms with E-state index in [1.165, 1.54) is 0 Å². The minimum atomic E-state index is -0.376. The molecule has 0 radical (unpaired) electrons. The number of hydrogen-bond acceptors (Lipinski definition) is 7. The molecule has 0 fully saturated rings. The number of nitrogens with one attached hydrogen (secondary N) is 2. The summed E-state index contributed by atoms with van der Waals surface area (Å²) in [5, 5.41) is 6.43. The molecule has 1 heterocycles. The van der Waals surface area contributed by atoms with Crippen molar-refractivity contribution in [2.24, 2.45) is 0 Å². The Hall–Kier alpha value is -3.61. The third-order valence-corrected chi connectivity index (χ3v) is 4.15. The van der Waals surface area contributed by atoms with E-state index >= 15 is 0 Å². The number of nitrogens with zero attached hydrogens (tertiary/aromatic N) is 2. The monoisotopic (exact) mass is 392 g/mol. The van der Waals surface area contributed by atoms with Gasteiger partial charge >= 0.3 is 5.97 Å². The van der Waals surface area contributed by atoms with Crippen molar-refractivity contribution in [3.63, 3.8) is 0 Å². The van der Waals surface area contributed by atoms with Crippen LogP contribution in [0.2, 0.25) is 0 Å². The van der Waals surface area contributed by atoms with Crippen molar-refractivity contribution in [1.82, 2.24) is 9.97 Å². The molecule has 0 aliphatic heterocycles. The van der Waals surface area contributed by atoms with Crippen molar-refractivity contribution in [2.45, 2.75) is 20.4 Å². The third-order valence-electron chi connectivity index (χ3n) is 4.15. The molecular formula is C22H24N4O3. The molecule has 3 rings (SSSR count). The minimum absolute atomic E-state index is 0.319. The number of carbonyl (C=O) groups excluding carboxylic acids is 1. The second-order valence-electron chi connectivity index (χ2n) is 6.31. The highest BCUT2D eigenvalue weighted by Gasteiger charge is 2.13. The average molecular weight is 392 g/mol. The molecule has 0 spiro atoms. The van der Waals surface area contributed by atoms with Crippen LogP contribution in [0.3, 0.4) is 0 Å². The number of ether oxygens (including phenoxy) is 2. The Morgan fingerprint density at radius 3 is 2.55 bits per heavy atom. The van der Waals surface area contributed by atoms with Crippen LogP contribution in [0.4, 0.5) is 17.5 Å². The SMILES string of the molecule is CCOC(=O)c1ccccc1Nc1cc(C)nc(NCc2ccc(OC)cc2)n1. The van der Waals surface area contributed by atoms with Gasteiger partial charge in [0.1, 0.15) is 11.6 Å². The summed E-state index contributed by atoms with van der Waals surface area (Å²) in [6, 6.07) is 16.8. The normalized spacial score (nSPS) is 10.3. The van der Waals surface area contributed by atoms with Crippen LogP contribution < -0.4 is 15.4 Å². The van der Waals surface area contributed by atoms with Gasteiger partial charge in [-0.2, -0.15) is 4.98 Å². The van der Waals surface area contributed by atoms with E-state index in [1.54, 1.807) is 26.2 Å². The van der Waals surface area contributed by atoms with Crippen LogP contribution in [0.5, 0.6) is 5.75 Å². The van der Waals surface area contributed by atoms with Gasteiger partial charge in [0, 0.05) is 18.3 Å². The lowest BCUT2D eigenvalue weighted by molar-refractivity contribution is 0.0527. The summed E-state index contributed by atoms with van der Waals surface area (Å²) in [6.45, 7) is 4.57. The molecule has 7 nitrogen and oxygen atoms in total. The van der Waals surface area contributed by atoms with E-state index in [0.29, 0.717) is 36.2 Å². The van der Waals surface area contributed by atoms with Gasteiger partial charge in [-0.05, 0) is 43.7 Å². The summed E-state index contributed by atoms with van der Waals surface area (Å²) < 4.78 is 10.3. The molecule has 1 aromatic heterocycles. The van der Waals surface area contributed by atoms with Crippen LogP contribution >= 0.6 is 0 Å². The van der Waals surface area contributed by atoms with Crippen molar-refractivity contribution in [1.29, 1.82) is 0 Å². The number of anilines is 3. The lowest BCUT2D eigenvalue weighted by Crippen LogP contribution is -2.09. The van der Waals surface area contributed by atoms with E-state index in [0.717, 1.165) is 17.0 Å². The van der Waals surface area contributed by atoms with Crippen molar-refractivity contribution in [2.75, 3.05) is 24.4 Å². The number of methoxy groups -OCH3 is 1. The Balaban J connectivity index is 1.75. The average Bonchev–Trinajstić information content (AvgIpc) is 2.73. The Bertz CT molecular complexity index is 974. The molecule has 29 heavy (non-hydrogen) atoms. The zero-order valence-corrected chi connectivity index (χ0v) is 16.7. The minimum Gasteiger partial charge on any atom is -0.497 e. The van der Waals surface area contributed by atoms with Crippen molar-refractivity contribution in [3.05, 3.63) is 71.4 Å². The second-order valence-corrected chi connectivity index (χ2v) is 6.31. The van der Waals surface area contributed by atoms with Crippen molar-refractivity contribution >= 4 is 23.4 Å². The van der Waals surface area contributed by atoms with Gasteiger partial charge in [-0.15, -0.1) is 0 Å². The van der Waals surface area contributed by atoms with E-state index < -0.39 is 0 Å². The second kappa shape index (κ2) is 9.54. The molecule has 0 unspecified atom stereocenters. The van der Waals surface area contributed by atoms with Crippen LogP contribution in [0.15, 0.2) is 54.6 Å². The molecular weight excluding hydrogens is 368 g/mol. The number of benzene rings is 2. The molecule has 0 bridgehead atoms. The Morgan fingerprint density at radius 1 is 1.07 bits per heavy atom. The smallest absolute Gasteiger partial charge is 0.340 e. The van der Waals surface area contributed by atoms with Crippen LogP contribution in [-0.2, 0) is 11.3 Å². The third kappa shape index (κ3) is 5.44. The Morgan fingerprint density at radius 2 is 1.83 bits per heavy atom. The highest BCUT2D eigenvalue weighted by molar-refractivity contribution is 5.96. The molecule has 3 aromatic rings. The molecule has 7 heteroatoms. The van der Waals surface area contributed by atoms with E-state index in [-0.39, 0.29) is 5.97 Å². The van der Waals surface area contributed by atoms with Gasteiger partial charge in [-0.25, -0.2) is 9.78 Å². The quantitative estimate of drug-likeness (QED) is 0.552. The molecule has 150 valence electrons. The van der Waals surface area contributed by atoms with E-state index in [9.17, 15) is 4.79 Å². The maximum absolute atomic E-state index is 12.2. The van der Waals surface area contributed by atoms with Crippen LogP contribution in [-0.4, -0.2) is 29.7 Å². The van der Waals surface area contributed by atoms with Gasteiger partial charge in [0.2, 0.25) is 5.95 Å². The van der Waals surface area contributed by atoms with Gasteiger partial charge in [-0.1, -0.05) is 24.3 Å². The number of aryl methyl sites for hydroxylation is 1. The molecule has 0 amide bonds. The number of aromatic nitrogens is 2. The fourth-order valence-electron chi connectivity index (χ4n) is 2.75. The fraction of sp³-hybridized carbons (Fsp3) is 0.227. The molecule has 0 saturated heterocycles. The van der Waals surface area contributed by atoms with Gasteiger partial charge in [0.25, 0.3) is 0 Å². The van der Waals surface area contributed by atoms with Crippen LogP contribution in [0, 0.1) is 6.92 Å². The molecule has 0 atom stereocenters. The lowest BCUT2D eigenvalue weighted by atomic mass is 10.2. The summed E-state index contributed by atoms with van der Waals surface area (Å²) in [4.78, 5) is 21.1. The van der Waals surface area contributed by atoms with E-state index in [4.69, 9.17) is 9.47 Å². The maximum atomic E-state index is 12.2. The van der Waals surface area contributed by atoms with Crippen molar-refractivity contribution in [3.8, 4) is 5.75 Å². The van der Waals surface area contributed by atoms with Crippen LogP contribution in [0.25, 0.3) is 0 Å². The molecule has 0 saturated carbocycles. The number of carbonyl (C=O) groups is 1. The predicted molar refractivity (Wildman–Crippen MR) is 113 cm³/mol. The summed E-state index contributed by atoms with van der Waals surface area (Å²) in [5.74, 6) is 1.52. The highest BCUT2D eigenvalue weighted by Crippen LogP contribution is 2.22. The van der Waals surface area contributed by atoms with Gasteiger partial charge in [0.15, 0.2) is 0 Å². The number of hydrogen-bond donors (Lipinski definition) is 2. The largest absolute Gasteiger partial charge is 0.497 e. The number of para-hydroxylation sites is 1. The summed E-state index contributed by atoms with van der Waals surface area (Å²) in [5.41, 5.74) is 2.97. The maximum Gasteiger partial charge on any atom is 0.340 e. The van der Waals surface area contributed by atoms with E-state index in [1.807, 2.05) is 49.4 Å². The lowest BCUT2D eigenvalue weighted by Gasteiger charge is -2.13. The summed E-state index contributed by atoms with van der Waals surface area (Å²) in [6.07, 6.45) is 0. The standard InChI is InChI=1S/C22H24N4O3/c1-4-29-21(27)18-7-5-6-8-19(18)25-20-13-15(2)24-22(26-20)23-14-16-9-11-17(28-3)12-10-16/h5-13H,4,14H2,1-3H3,(H2,23,24,25,26). The van der Waals surface area contributed by atoms with Crippen molar-refractivity contribution < 1.29 is 14.3 Å². The molecule has 0 aliphatic rings. The van der Waals surface area contributed by atoms with E-state index in [2.05, 4.69) is 20.6 Å². The first kappa shape index (κ1) is 20.1. The first-order chi connectivity index (χ1) is 14.1. The Labute approximate surface area is 170 Å². The van der Waals surface area contributed by atoms with Gasteiger partial charge < -0.3 is 20.1 Å². The van der Waals surface area contributed by atoms with Gasteiger partial charge in [0.05, 0.1) is 25.0 Å².